The van der Waals surface area contributed by atoms with E-state index in [1.165, 1.54) is 0 Å². The van der Waals surface area contributed by atoms with Gasteiger partial charge in [0.1, 0.15) is 5.75 Å². The van der Waals surface area contributed by atoms with Crippen molar-refractivity contribution >= 4 is 11.9 Å². The predicted molar refractivity (Wildman–Crippen MR) is 84.7 cm³/mol. The van der Waals surface area contributed by atoms with Crippen molar-refractivity contribution < 1.29 is 19.1 Å². The molecule has 116 valence electrons. The molecule has 0 saturated carbocycles. The van der Waals surface area contributed by atoms with E-state index in [4.69, 9.17) is 9.47 Å². The van der Waals surface area contributed by atoms with Crippen LogP contribution in [0.5, 0.6) is 5.75 Å². The minimum atomic E-state index is -1.53. The second kappa shape index (κ2) is 6.08. The topological polar surface area (TPSA) is 52.6 Å². The zero-order chi connectivity index (χ0) is 16.3. The van der Waals surface area contributed by atoms with Gasteiger partial charge < -0.3 is 9.47 Å². The van der Waals surface area contributed by atoms with E-state index >= 15 is 0 Å². The van der Waals surface area contributed by atoms with Gasteiger partial charge in [-0.15, -0.1) is 0 Å². The highest BCUT2D eigenvalue weighted by molar-refractivity contribution is 5.99. The Morgan fingerprint density at radius 3 is 2.22 bits per heavy atom. The summed E-state index contributed by atoms with van der Waals surface area (Å²) in [5, 5.41) is 0. The lowest BCUT2D eigenvalue weighted by molar-refractivity contribution is -0.166. The van der Waals surface area contributed by atoms with E-state index in [1.807, 2.05) is 19.1 Å². The molecule has 0 bridgehead atoms. The molecular formula is C19H16O4. The van der Waals surface area contributed by atoms with Crippen molar-refractivity contribution in [1.82, 2.24) is 0 Å². The summed E-state index contributed by atoms with van der Waals surface area (Å²) in [5.41, 5.74) is -0.490. The SMILES string of the molecule is CCC1=CC(C(=O)Oc2ccccc2)(c2ccccc2)OC1=O. The zero-order valence-electron chi connectivity index (χ0n) is 12.7. The summed E-state index contributed by atoms with van der Waals surface area (Å²) >= 11 is 0. The van der Waals surface area contributed by atoms with E-state index in [0.717, 1.165) is 0 Å². The Bertz CT molecular complexity index is 749. The third-order valence-electron chi connectivity index (χ3n) is 3.73. The summed E-state index contributed by atoms with van der Waals surface area (Å²) in [7, 11) is 0. The van der Waals surface area contributed by atoms with Gasteiger partial charge in [0.25, 0.3) is 5.60 Å². The lowest BCUT2D eigenvalue weighted by Gasteiger charge is -2.24. The Morgan fingerprint density at radius 1 is 1.04 bits per heavy atom. The highest BCUT2D eigenvalue weighted by atomic mass is 16.6. The normalized spacial score (nSPS) is 19.9. The van der Waals surface area contributed by atoms with Crippen LogP contribution in [0.25, 0.3) is 0 Å². The number of benzene rings is 2. The number of para-hydroxylation sites is 1. The molecule has 4 heteroatoms. The van der Waals surface area contributed by atoms with Crippen LogP contribution in [0.2, 0.25) is 0 Å². The molecule has 1 aliphatic heterocycles. The van der Waals surface area contributed by atoms with Crippen LogP contribution in [0.3, 0.4) is 0 Å². The Labute approximate surface area is 134 Å². The van der Waals surface area contributed by atoms with Crippen LogP contribution < -0.4 is 4.74 Å². The smallest absolute Gasteiger partial charge is 0.365 e. The van der Waals surface area contributed by atoms with E-state index in [1.54, 1.807) is 54.6 Å². The molecule has 2 aromatic rings. The maximum atomic E-state index is 12.8. The first-order chi connectivity index (χ1) is 11.2. The molecule has 1 heterocycles. The van der Waals surface area contributed by atoms with E-state index in [-0.39, 0.29) is 0 Å². The number of ether oxygens (including phenoxy) is 2. The minimum absolute atomic E-state index is 0.405. The second-order valence-electron chi connectivity index (χ2n) is 5.22. The van der Waals surface area contributed by atoms with Crippen LogP contribution >= 0.6 is 0 Å². The van der Waals surface area contributed by atoms with Gasteiger partial charge in [-0.05, 0) is 24.6 Å². The first kappa shape index (κ1) is 15.0. The van der Waals surface area contributed by atoms with Gasteiger partial charge in [0.15, 0.2) is 0 Å². The third kappa shape index (κ3) is 2.75. The maximum absolute atomic E-state index is 12.8. The largest absolute Gasteiger partial charge is 0.434 e. The molecule has 0 aliphatic carbocycles. The van der Waals surface area contributed by atoms with E-state index < -0.39 is 17.5 Å². The number of carbonyl (C=O) groups excluding carboxylic acids is 2. The van der Waals surface area contributed by atoms with Gasteiger partial charge in [-0.25, -0.2) is 9.59 Å². The number of carbonyl (C=O) groups is 2. The highest BCUT2D eigenvalue weighted by Gasteiger charge is 2.49. The van der Waals surface area contributed by atoms with E-state index in [9.17, 15) is 9.59 Å². The van der Waals surface area contributed by atoms with Crippen LogP contribution in [0.15, 0.2) is 72.3 Å². The van der Waals surface area contributed by atoms with E-state index in [2.05, 4.69) is 0 Å². The molecule has 0 saturated heterocycles. The summed E-state index contributed by atoms with van der Waals surface area (Å²) in [6.07, 6.45) is 2.06. The lowest BCUT2D eigenvalue weighted by atomic mass is 9.92. The Kier molecular flexibility index (Phi) is 3.98. The molecule has 0 fully saturated rings. The van der Waals surface area contributed by atoms with Crippen LogP contribution in [0, 0.1) is 0 Å². The van der Waals surface area contributed by atoms with Gasteiger partial charge in [0.2, 0.25) is 0 Å². The summed E-state index contributed by atoms with van der Waals surface area (Å²) in [4.78, 5) is 24.9. The molecule has 4 nitrogen and oxygen atoms in total. The molecule has 0 amide bonds. The maximum Gasteiger partial charge on any atom is 0.365 e. The quantitative estimate of drug-likeness (QED) is 0.642. The van der Waals surface area contributed by atoms with E-state index in [0.29, 0.717) is 23.3 Å². The molecule has 2 aromatic carbocycles. The number of hydrogen-bond donors (Lipinski definition) is 0. The van der Waals surface area contributed by atoms with Crippen molar-refractivity contribution in [3.63, 3.8) is 0 Å². The Morgan fingerprint density at radius 2 is 1.65 bits per heavy atom. The fourth-order valence-corrected chi connectivity index (χ4v) is 2.51. The van der Waals surface area contributed by atoms with Gasteiger partial charge in [-0.2, -0.15) is 0 Å². The molecule has 1 atom stereocenters. The lowest BCUT2D eigenvalue weighted by Crippen LogP contribution is -2.38. The second-order valence-corrected chi connectivity index (χ2v) is 5.22. The van der Waals surface area contributed by atoms with Crippen molar-refractivity contribution in [2.24, 2.45) is 0 Å². The van der Waals surface area contributed by atoms with Crippen LogP contribution in [0.1, 0.15) is 18.9 Å². The minimum Gasteiger partial charge on any atom is -0.434 e. The van der Waals surface area contributed by atoms with Crippen LogP contribution in [-0.2, 0) is 19.9 Å². The van der Waals surface area contributed by atoms with Crippen molar-refractivity contribution in [3.8, 4) is 5.75 Å². The Balaban J connectivity index is 2.02. The van der Waals surface area contributed by atoms with Gasteiger partial charge in [0, 0.05) is 11.1 Å². The molecule has 1 unspecified atom stereocenters. The summed E-state index contributed by atoms with van der Waals surface area (Å²) in [5.74, 6) is -0.713. The summed E-state index contributed by atoms with van der Waals surface area (Å²) in [6, 6.07) is 17.6. The summed E-state index contributed by atoms with van der Waals surface area (Å²) < 4.78 is 10.9. The number of hydrogen-bond acceptors (Lipinski definition) is 4. The molecule has 1 aliphatic rings. The van der Waals surface area contributed by atoms with Gasteiger partial charge in [0.05, 0.1) is 0 Å². The first-order valence-electron chi connectivity index (χ1n) is 7.43. The monoisotopic (exact) mass is 308 g/mol. The average molecular weight is 308 g/mol. The van der Waals surface area contributed by atoms with Gasteiger partial charge in [-0.3, -0.25) is 0 Å². The summed E-state index contributed by atoms with van der Waals surface area (Å²) in [6.45, 7) is 1.84. The molecule has 0 aromatic heterocycles. The molecule has 3 rings (SSSR count). The fraction of sp³-hybridized carbons (Fsp3) is 0.158. The zero-order valence-corrected chi connectivity index (χ0v) is 12.7. The average Bonchev–Trinajstić information content (AvgIpc) is 2.94. The predicted octanol–water partition coefficient (Wildman–Crippen LogP) is 3.38. The third-order valence-corrected chi connectivity index (χ3v) is 3.73. The number of rotatable bonds is 4. The van der Waals surface area contributed by atoms with Gasteiger partial charge in [-0.1, -0.05) is 55.5 Å². The van der Waals surface area contributed by atoms with Gasteiger partial charge >= 0.3 is 11.9 Å². The van der Waals surface area contributed by atoms with Crippen LogP contribution in [-0.4, -0.2) is 11.9 Å². The highest BCUT2D eigenvalue weighted by Crippen LogP contribution is 2.37. The van der Waals surface area contributed by atoms with Crippen molar-refractivity contribution in [2.75, 3.05) is 0 Å². The molecule has 0 N–H and O–H groups in total. The molecular weight excluding hydrogens is 292 g/mol. The fourth-order valence-electron chi connectivity index (χ4n) is 2.51. The molecule has 0 radical (unpaired) electrons. The van der Waals surface area contributed by atoms with Crippen molar-refractivity contribution in [3.05, 3.63) is 77.9 Å². The van der Waals surface area contributed by atoms with Crippen molar-refractivity contribution in [2.45, 2.75) is 18.9 Å². The van der Waals surface area contributed by atoms with Crippen LogP contribution in [0.4, 0.5) is 0 Å². The number of cyclic esters (lactones) is 1. The van der Waals surface area contributed by atoms with Crippen molar-refractivity contribution in [1.29, 1.82) is 0 Å². The first-order valence-corrected chi connectivity index (χ1v) is 7.43. The molecule has 0 spiro atoms. The molecule has 23 heavy (non-hydrogen) atoms. The number of esters is 2. The standard InChI is InChI=1S/C19H16O4/c1-2-14-13-19(23-17(14)20,15-9-5-3-6-10-15)18(21)22-16-11-7-4-8-12-16/h3-13H,2H2,1H3. The Hall–Kier alpha value is -2.88.